The minimum absolute atomic E-state index is 0.0487. The second-order valence-corrected chi connectivity index (χ2v) is 13.6. The zero-order valence-electron chi connectivity index (χ0n) is 29.1. The molecule has 0 spiro atoms. The van der Waals surface area contributed by atoms with Crippen LogP contribution in [0, 0.1) is 17.3 Å². The molecule has 0 bridgehead atoms. The van der Waals surface area contributed by atoms with Crippen molar-refractivity contribution >= 4 is 35.3 Å². The number of rotatable bonds is 14. The van der Waals surface area contributed by atoms with Crippen LogP contribution in [0.1, 0.15) is 90.3 Å². The van der Waals surface area contributed by atoms with E-state index in [1.165, 1.54) is 23.5 Å². The Morgan fingerprint density at radius 3 is 2.08 bits per heavy atom. The summed E-state index contributed by atoms with van der Waals surface area (Å²) in [6, 6.07) is 4.74. The van der Waals surface area contributed by atoms with E-state index < -0.39 is 70.9 Å². The summed E-state index contributed by atoms with van der Waals surface area (Å²) in [5.74, 6) is -4.43. The van der Waals surface area contributed by atoms with Gasteiger partial charge in [0.25, 0.3) is 11.8 Å². The Bertz CT molecular complexity index is 1460. The molecule has 1 fully saturated rings. The van der Waals surface area contributed by atoms with E-state index in [1.54, 1.807) is 41.5 Å². The van der Waals surface area contributed by atoms with E-state index in [0.717, 1.165) is 5.56 Å². The number of likely N-dealkylation sites (tertiary alicyclic amines) is 1. The van der Waals surface area contributed by atoms with Crippen LogP contribution in [0.3, 0.4) is 0 Å². The molecule has 0 radical (unpaired) electrons. The first-order valence-electron chi connectivity index (χ1n) is 16.5. The van der Waals surface area contributed by atoms with Gasteiger partial charge in [0.2, 0.25) is 23.5 Å². The van der Waals surface area contributed by atoms with Crippen molar-refractivity contribution in [3.8, 4) is 0 Å². The Kier molecular flexibility index (Phi) is 12.9. The molecule has 1 saturated heterocycles. The van der Waals surface area contributed by atoms with Gasteiger partial charge in [-0.25, -0.2) is 4.98 Å². The summed E-state index contributed by atoms with van der Waals surface area (Å²) in [5, 5.41) is 10.9. The lowest BCUT2D eigenvalue weighted by Gasteiger charge is -2.36. The van der Waals surface area contributed by atoms with Crippen molar-refractivity contribution in [2.24, 2.45) is 17.3 Å². The Labute approximate surface area is 282 Å². The number of benzene rings is 1. The first-order valence-corrected chi connectivity index (χ1v) is 16.5. The van der Waals surface area contributed by atoms with Gasteiger partial charge in [-0.05, 0) is 42.6 Å². The van der Waals surface area contributed by atoms with Gasteiger partial charge < -0.3 is 26.2 Å². The molecule has 48 heavy (non-hydrogen) atoms. The van der Waals surface area contributed by atoms with E-state index in [4.69, 9.17) is 0 Å². The largest absolute Gasteiger partial charge is 0.344 e. The highest BCUT2D eigenvalue weighted by molar-refractivity contribution is 6.38. The van der Waals surface area contributed by atoms with Gasteiger partial charge in [-0.3, -0.25) is 33.8 Å². The molecule has 2 heterocycles. The summed E-state index contributed by atoms with van der Waals surface area (Å²) < 4.78 is 0. The monoisotopic (exact) mass is 663 g/mol. The first-order chi connectivity index (χ1) is 22.6. The zero-order valence-corrected chi connectivity index (χ0v) is 29.1. The number of nitrogens with zero attached hydrogens (tertiary/aromatic N) is 3. The highest BCUT2D eigenvalue weighted by atomic mass is 16.2. The van der Waals surface area contributed by atoms with Crippen LogP contribution in [0.25, 0.3) is 0 Å². The van der Waals surface area contributed by atoms with Gasteiger partial charge >= 0.3 is 0 Å². The molecule has 0 saturated carbocycles. The number of ketones is 1. The molecule has 4 N–H and O–H groups in total. The number of carbonyl (C=O) groups excluding carboxylic acids is 6. The van der Waals surface area contributed by atoms with Gasteiger partial charge in [0.1, 0.15) is 23.8 Å². The summed E-state index contributed by atoms with van der Waals surface area (Å²) in [5.41, 5.74) is 0.214. The number of hydrogen-bond donors (Lipinski definition) is 4. The lowest BCUT2D eigenvalue weighted by atomic mass is 9.83. The lowest BCUT2D eigenvalue weighted by Crippen LogP contribution is -2.61. The third kappa shape index (κ3) is 9.23. The second-order valence-electron chi connectivity index (χ2n) is 13.6. The molecule has 5 atom stereocenters. The molecular weight excluding hydrogens is 614 g/mol. The van der Waals surface area contributed by atoms with Crippen molar-refractivity contribution in [2.45, 2.75) is 98.4 Å². The Hall–Kier alpha value is -4.68. The summed E-state index contributed by atoms with van der Waals surface area (Å²) in [7, 11) is 0. The molecule has 2 aromatic rings. The maximum Gasteiger partial charge on any atom is 0.290 e. The molecule has 260 valence electrons. The van der Waals surface area contributed by atoms with E-state index in [2.05, 4.69) is 31.2 Å². The number of nitrogens with one attached hydrogen (secondary N) is 4. The number of hydrogen-bond acceptors (Lipinski definition) is 8. The molecular formula is C35H49N7O6. The Morgan fingerprint density at radius 1 is 0.875 bits per heavy atom. The molecule has 13 heteroatoms. The minimum atomic E-state index is -1.10. The van der Waals surface area contributed by atoms with Gasteiger partial charge in [-0.1, -0.05) is 78.8 Å². The predicted molar refractivity (Wildman–Crippen MR) is 179 cm³/mol. The third-order valence-corrected chi connectivity index (χ3v) is 8.75. The molecule has 2 unspecified atom stereocenters. The molecule has 1 aliphatic rings. The maximum absolute atomic E-state index is 14.1. The average molecular weight is 664 g/mol. The summed E-state index contributed by atoms with van der Waals surface area (Å²) in [4.78, 5) is 89.7. The summed E-state index contributed by atoms with van der Waals surface area (Å²) in [6.07, 6.45) is 4.76. The number of amides is 5. The Balaban J connectivity index is 1.75. The van der Waals surface area contributed by atoms with Gasteiger partial charge in [0.05, 0.1) is 18.3 Å². The van der Waals surface area contributed by atoms with Crippen LogP contribution in [0.4, 0.5) is 0 Å². The van der Waals surface area contributed by atoms with Crippen LogP contribution in [0.5, 0.6) is 0 Å². The van der Waals surface area contributed by atoms with E-state index in [0.29, 0.717) is 6.42 Å². The quantitative estimate of drug-likeness (QED) is 0.222. The molecule has 3 rings (SSSR count). The van der Waals surface area contributed by atoms with Crippen LogP contribution in [0.2, 0.25) is 0 Å². The van der Waals surface area contributed by atoms with E-state index in [-0.39, 0.29) is 30.5 Å². The SMILES string of the molecule is CCC(NC(=O)C1N(C(=O)[C@@H](NC(=O)[C@@H](NC(=O)c2cnccn2)C(C)C)C(C)C)CCC1(C)C)C(=O)C(=O)N[C@@H](C)c1ccccc1. The minimum Gasteiger partial charge on any atom is -0.344 e. The van der Waals surface area contributed by atoms with E-state index in [1.807, 2.05) is 44.2 Å². The molecule has 1 aromatic heterocycles. The van der Waals surface area contributed by atoms with Crippen LogP contribution in [-0.2, 0) is 24.0 Å². The standard InChI is InChI=1S/C35H49N7O6/c1-9-24(28(43)32(46)38-22(6)23-13-11-10-12-14-23)39-33(47)29-35(7,8)15-18-42(29)34(48)27(21(4)5)41-31(45)26(20(2)3)40-30(44)25-19-36-16-17-37-25/h10-14,16-17,19-22,24,26-27,29H,9,15,18H2,1-8H3,(H,38,46)(H,39,47)(H,40,44)(H,41,45)/t22-,24?,26-,27-,29?/m0/s1. The highest BCUT2D eigenvalue weighted by Crippen LogP contribution is 2.37. The summed E-state index contributed by atoms with van der Waals surface area (Å²) in [6.45, 7) is 14.5. The zero-order chi connectivity index (χ0) is 35.8. The smallest absolute Gasteiger partial charge is 0.290 e. The van der Waals surface area contributed by atoms with Crippen molar-refractivity contribution in [3.63, 3.8) is 0 Å². The third-order valence-electron chi connectivity index (χ3n) is 8.75. The number of carbonyl (C=O) groups is 6. The number of aromatic nitrogens is 2. The normalized spacial score (nSPS) is 18.0. The van der Waals surface area contributed by atoms with Crippen LogP contribution >= 0.6 is 0 Å². The van der Waals surface area contributed by atoms with Crippen molar-refractivity contribution in [2.75, 3.05) is 6.54 Å². The molecule has 13 nitrogen and oxygen atoms in total. The van der Waals surface area contributed by atoms with Crippen molar-refractivity contribution in [1.82, 2.24) is 36.1 Å². The number of Topliss-reactive ketones (excluding diaryl/α,β-unsaturated/α-hetero) is 1. The van der Waals surface area contributed by atoms with E-state index in [9.17, 15) is 28.8 Å². The van der Waals surface area contributed by atoms with Gasteiger partial charge in [-0.2, -0.15) is 0 Å². The van der Waals surface area contributed by atoms with Crippen LogP contribution < -0.4 is 21.3 Å². The second kappa shape index (κ2) is 16.4. The van der Waals surface area contributed by atoms with Crippen molar-refractivity contribution in [1.29, 1.82) is 0 Å². The Morgan fingerprint density at radius 2 is 1.52 bits per heavy atom. The van der Waals surface area contributed by atoms with E-state index >= 15 is 0 Å². The van der Waals surface area contributed by atoms with Crippen LogP contribution in [-0.4, -0.2) is 80.9 Å². The van der Waals surface area contributed by atoms with Gasteiger partial charge in [-0.15, -0.1) is 0 Å². The van der Waals surface area contributed by atoms with Gasteiger partial charge in [0, 0.05) is 18.9 Å². The van der Waals surface area contributed by atoms with Crippen molar-refractivity contribution < 1.29 is 28.8 Å². The highest BCUT2D eigenvalue weighted by Gasteiger charge is 2.49. The fourth-order valence-electron chi connectivity index (χ4n) is 5.79. The predicted octanol–water partition coefficient (Wildman–Crippen LogP) is 2.34. The lowest BCUT2D eigenvalue weighted by molar-refractivity contribution is -0.146. The summed E-state index contributed by atoms with van der Waals surface area (Å²) >= 11 is 0. The fourth-order valence-corrected chi connectivity index (χ4v) is 5.79. The topological polar surface area (TPSA) is 180 Å². The molecule has 1 aromatic carbocycles. The maximum atomic E-state index is 14.1. The fraction of sp³-hybridized carbons (Fsp3) is 0.543. The molecule has 0 aliphatic carbocycles. The van der Waals surface area contributed by atoms with Crippen LogP contribution in [0.15, 0.2) is 48.9 Å². The molecule has 1 aliphatic heterocycles. The van der Waals surface area contributed by atoms with Crippen molar-refractivity contribution in [3.05, 3.63) is 60.2 Å². The van der Waals surface area contributed by atoms with Gasteiger partial charge in [0.15, 0.2) is 0 Å². The molecule has 5 amide bonds. The average Bonchev–Trinajstić information content (AvgIpc) is 3.39. The first kappa shape index (κ1) is 37.8.